The third-order valence-corrected chi connectivity index (χ3v) is 3.86. The lowest BCUT2D eigenvalue weighted by molar-refractivity contribution is -0.138. The molecule has 0 spiro atoms. The van der Waals surface area contributed by atoms with Crippen LogP contribution < -0.4 is 10.5 Å². The molecule has 4 nitrogen and oxygen atoms in total. The second kappa shape index (κ2) is 7.26. The first-order valence-electron chi connectivity index (χ1n) is 5.51. The van der Waals surface area contributed by atoms with Gasteiger partial charge in [-0.1, -0.05) is 18.2 Å². The summed E-state index contributed by atoms with van der Waals surface area (Å²) in [5.74, 6) is -0.729. The Morgan fingerprint density at radius 3 is 2.35 bits per heavy atom. The van der Waals surface area contributed by atoms with Gasteiger partial charge in [-0.15, -0.1) is 12.4 Å². The van der Waals surface area contributed by atoms with Crippen molar-refractivity contribution in [1.29, 1.82) is 0 Å². The number of alkyl halides is 3. The molecule has 0 aliphatic heterocycles. The molecular formula is C11H16ClF3N2O2S. The molecule has 0 radical (unpaired) electrons. The smallest absolute Gasteiger partial charge is 0.329 e. The van der Waals surface area contributed by atoms with E-state index < -0.39 is 33.6 Å². The maximum Gasteiger partial charge on any atom is 0.416 e. The molecular weight excluding hydrogens is 317 g/mol. The molecule has 1 aromatic rings. The number of rotatable bonds is 5. The monoisotopic (exact) mass is 332 g/mol. The fraction of sp³-hybridized carbons (Fsp3) is 0.455. The Balaban J connectivity index is 0.00000361. The standard InChI is InChI=1S/C11H15F3N2O2S.ClH/c1-8(6-15)16-19(17,18)7-9-4-2-3-5-10(9)11(12,13)14;/h2-5,8,16H,6-7,15H2,1H3;1H/t8-;/m0./s1. The first-order chi connectivity index (χ1) is 8.65. The molecule has 0 saturated carbocycles. The Morgan fingerprint density at radius 2 is 1.85 bits per heavy atom. The summed E-state index contributed by atoms with van der Waals surface area (Å²) in [7, 11) is -3.86. The summed E-state index contributed by atoms with van der Waals surface area (Å²) in [5.41, 5.74) is 4.04. The van der Waals surface area contributed by atoms with Crippen molar-refractivity contribution in [1.82, 2.24) is 4.72 Å². The third-order valence-electron chi connectivity index (χ3n) is 2.40. The fourth-order valence-electron chi connectivity index (χ4n) is 1.52. The summed E-state index contributed by atoms with van der Waals surface area (Å²) >= 11 is 0. The van der Waals surface area contributed by atoms with Crippen molar-refractivity contribution >= 4 is 22.4 Å². The van der Waals surface area contributed by atoms with Gasteiger partial charge in [-0.3, -0.25) is 0 Å². The van der Waals surface area contributed by atoms with Gasteiger partial charge in [0.15, 0.2) is 0 Å². The highest BCUT2D eigenvalue weighted by molar-refractivity contribution is 7.88. The minimum Gasteiger partial charge on any atom is -0.329 e. The van der Waals surface area contributed by atoms with Crippen LogP contribution in [0.2, 0.25) is 0 Å². The number of nitrogens with two attached hydrogens (primary N) is 1. The summed E-state index contributed by atoms with van der Waals surface area (Å²) in [4.78, 5) is 0. The van der Waals surface area contributed by atoms with Gasteiger partial charge < -0.3 is 5.73 Å². The van der Waals surface area contributed by atoms with E-state index in [9.17, 15) is 21.6 Å². The van der Waals surface area contributed by atoms with Gasteiger partial charge in [0.05, 0.1) is 11.3 Å². The van der Waals surface area contributed by atoms with Crippen LogP contribution in [0.5, 0.6) is 0 Å². The minimum absolute atomic E-state index is 0. The molecule has 1 atom stereocenters. The molecule has 0 heterocycles. The van der Waals surface area contributed by atoms with E-state index in [-0.39, 0.29) is 24.5 Å². The first-order valence-corrected chi connectivity index (χ1v) is 7.16. The van der Waals surface area contributed by atoms with Crippen LogP contribution in [-0.4, -0.2) is 21.0 Å². The Kier molecular flexibility index (Phi) is 6.96. The highest BCUT2D eigenvalue weighted by Gasteiger charge is 2.34. The van der Waals surface area contributed by atoms with Crippen LogP contribution in [0, 0.1) is 0 Å². The zero-order chi connectivity index (χ0) is 14.7. The Hall–Kier alpha value is -0.830. The minimum atomic E-state index is -4.58. The quantitative estimate of drug-likeness (QED) is 0.865. The third kappa shape index (κ3) is 5.66. The maximum atomic E-state index is 12.7. The lowest BCUT2D eigenvalue weighted by Gasteiger charge is -2.15. The molecule has 3 N–H and O–H groups in total. The number of hydrogen-bond donors (Lipinski definition) is 2. The maximum absolute atomic E-state index is 12.7. The van der Waals surface area contributed by atoms with E-state index in [0.29, 0.717) is 0 Å². The number of hydrogen-bond acceptors (Lipinski definition) is 3. The number of benzene rings is 1. The van der Waals surface area contributed by atoms with E-state index in [1.54, 1.807) is 0 Å². The fourth-order valence-corrected chi connectivity index (χ4v) is 2.98. The molecule has 0 amide bonds. The highest BCUT2D eigenvalue weighted by atomic mass is 35.5. The van der Waals surface area contributed by atoms with Gasteiger partial charge in [0.25, 0.3) is 0 Å². The van der Waals surface area contributed by atoms with Gasteiger partial charge in [-0.2, -0.15) is 13.2 Å². The summed E-state index contributed by atoms with van der Waals surface area (Å²) in [5, 5.41) is 0. The number of nitrogens with one attached hydrogen (secondary N) is 1. The second-order valence-electron chi connectivity index (χ2n) is 4.17. The van der Waals surface area contributed by atoms with Gasteiger partial charge >= 0.3 is 6.18 Å². The molecule has 20 heavy (non-hydrogen) atoms. The number of halogens is 4. The highest BCUT2D eigenvalue weighted by Crippen LogP contribution is 2.32. The average molecular weight is 333 g/mol. The van der Waals surface area contributed by atoms with E-state index in [2.05, 4.69) is 4.72 Å². The van der Waals surface area contributed by atoms with Crippen molar-refractivity contribution < 1.29 is 21.6 Å². The van der Waals surface area contributed by atoms with Crippen LogP contribution >= 0.6 is 12.4 Å². The molecule has 0 saturated heterocycles. The molecule has 9 heteroatoms. The molecule has 0 aliphatic rings. The van der Waals surface area contributed by atoms with Crippen molar-refractivity contribution in [2.75, 3.05) is 6.54 Å². The van der Waals surface area contributed by atoms with E-state index in [4.69, 9.17) is 5.73 Å². The SMILES string of the molecule is C[C@@H](CN)NS(=O)(=O)Cc1ccccc1C(F)(F)F.Cl. The van der Waals surface area contributed by atoms with Gasteiger partial charge in [-0.25, -0.2) is 13.1 Å². The topological polar surface area (TPSA) is 72.2 Å². The second-order valence-corrected chi connectivity index (χ2v) is 5.92. The van der Waals surface area contributed by atoms with Gasteiger partial charge in [0.2, 0.25) is 10.0 Å². The van der Waals surface area contributed by atoms with Crippen LogP contribution in [0.25, 0.3) is 0 Å². The summed E-state index contributed by atoms with van der Waals surface area (Å²) in [6.45, 7) is 1.60. The summed E-state index contributed by atoms with van der Waals surface area (Å²) < 4.78 is 63.8. The van der Waals surface area contributed by atoms with Gasteiger partial charge in [-0.05, 0) is 18.6 Å². The van der Waals surface area contributed by atoms with Gasteiger partial charge in [0, 0.05) is 12.6 Å². The Labute approximate surface area is 122 Å². The van der Waals surface area contributed by atoms with Crippen molar-refractivity contribution in [2.45, 2.75) is 24.9 Å². The zero-order valence-corrected chi connectivity index (χ0v) is 12.3. The van der Waals surface area contributed by atoms with E-state index >= 15 is 0 Å². The van der Waals surface area contributed by atoms with Crippen molar-refractivity contribution in [3.05, 3.63) is 35.4 Å². The van der Waals surface area contributed by atoms with E-state index in [1.165, 1.54) is 19.1 Å². The summed E-state index contributed by atoms with van der Waals surface area (Å²) in [6, 6.07) is 4.07. The Bertz CT molecular complexity index is 535. The molecule has 0 aliphatic carbocycles. The van der Waals surface area contributed by atoms with Crippen LogP contribution in [0.4, 0.5) is 13.2 Å². The molecule has 0 unspecified atom stereocenters. The van der Waals surface area contributed by atoms with Crippen LogP contribution in [0.15, 0.2) is 24.3 Å². The van der Waals surface area contributed by atoms with E-state index in [0.717, 1.165) is 12.1 Å². The van der Waals surface area contributed by atoms with Crippen LogP contribution in [-0.2, 0) is 22.0 Å². The van der Waals surface area contributed by atoms with Crippen molar-refractivity contribution in [2.24, 2.45) is 5.73 Å². The molecule has 116 valence electrons. The Morgan fingerprint density at radius 1 is 1.30 bits per heavy atom. The predicted octanol–water partition coefficient (Wildman–Crippen LogP) is 1.89. The normalized spacial score (nSPS) is 13.7. The molecule has 1 aromatic carbocycles. The molecule has 0 aromatic heterocycles. The lowest BCUT2D eigenvalue weighted by atomic mass is 10.1. The van der Waals surface area contributed by atoms with Crippen molar-refractivity contribution in [3.63, 3.8) is 0 Å². The average Bonchev–Trinajstić information content (AvgIpc) is 2.26. The van der Waals surface area contributed by atoms with E-state index in [1.807, 2.05) is 0 Å². The summed E-state index contributed by atoms with van der Waals surface area (Å²) in [6.07, 6.45) is -4.58. The predicted molar refractivity (Wildman–Crippen MR) is 73.0 cm³/mol. The molecule has 0 fully saturated rings. The zero-order valence-electron chi connectivity index (χ0n) is 10.6. The van der Waals surface area contributed by atoms with Crippen LogP contribution in [0.3, 0.4) is 0 Å². The molecule has 1 rings (SSSR count). The largest absolute Gasteiger partial charge is 0.416 e. The lowest BCUT2D eigenvalue weighted by Crippen LogP contribution is -2.38. The first kappa shape index (κ1) is 19.2. The number of sulfonamides is 1. The van der Waals surface area contributed by atoms with Gasteiger partial charge in [0.1, 0.15) is 0 Å². The van der Waals surface area contributed by atoms with Crippen molar-refractivity contribution in [3.8, 4) is 0 Å². The van der Waals surface area contributed by atoms with Crippen LogP contribution in [0.1, 0.15) is 18.1 Å². The molecule has 0 bridgehead atoms.